The molecule has 0 aliphatic heterocycles. The molecule has 0 radical (unpaired) electrons. The van der Waals surface area contributed by atoms with Crippen LogP contribution in [0.15, 0.2) is 23.2 Å². The van der Waals surface area contributed by atoms with Crippen LogP contribution in [0.5, 0.6) is 5.75 Å². The van der Waals surface area contributed by atoms with Gasteiger partial charge in [-0.3, -0.25) is 4.99 Å². The van der Waals surface area contributed by atoms with Gasteiger partial charge in [-0.25, -0.2) is 0 Å². The van der Waals surface area contributed by atoms with Gasteiger partial charge in [0.1, 0.15) is 5.75 Å². The summed E-state index contributed by atoms with van der Waals surface area (Å²) in [6.07, 6.45) is 3.28. The molecule has 0 aliphatic rings. The predicted molar refractivity (Wildman–Crippen MR) is 112 cm³/mol. The fourth-order valence-electron chi connectivity index (χ4n) is 2.86. The summed E-state index contributed by atoms with van der Waals surface area (Å²) in [7, 11) is 1.72. The predicted octanol–water partition coefficient (Wildman–Crippen LogP) is 3.22. The van der Waals surface area contributed by atoms with Crippen LogP contribution in [0.4, 0.5) is 0 Å². The van der Waals surface area contributed by atoms with Gasteiger partial charge in [0.25, 0.3) is 0 Å². The van der Waals surface area contributed by atoms with Gasteiger partial charge >= 0.3 is 0 Å². The molecule has 0 atom stereocenters. The normalized spacial score (nSPS) is 11.7. The molecular formula is C21H38N4O. The molecule has 148 valence electrons. The van der Waals surface area contributed by atoms with E-state index in [0.29, 0.717) is 0 Å². The number of aliphatic imine (C=N–C) groups is 1. The average Bonchev–Trinajstić information content (AvgIpc) is 2.66. The largest absolute Gasteiger partial charge is 0.496 e. The number of unbranched alkanes of at least 4 members (excludes halogenated alkanes) is 1. The van der Waals surface area contributed by atoms with E-state index in [0.717, 1.165) is 57.3 Å². The van der Waals surface area contributed by atoms with Gasteiger partial charge in [0, 0.05) is 19.6 Å². The van der Waals surface area contributed by atoms with Crippen molar-refractivity contribution < 1.29 is 4.74 Å². The third-order valence-corrected chi connectivity index (χ3v) is 4.57. The number of hydrogen-bond donors (Lipinski definition) is 2. The summed E-state index contributed by atoms with van der Waals surface area (Å²) < 4.78 is 5.40. The molecule has 1 aromatic carbocycles. The molecule has 1 aromatic rings. The van der Waals surface area contributed by atoms with Gasteiger partial charge in [0.2, 0.25) is 0 Å². The maximum atomic E-state index is 5.40. The van der Waals surface area contributed by atoms with E-state index in [1.54, 1.807) is 7.11 Å². The van der Waals surface area contributed by atoms with Crippen molar-refractivity contribution >= 4 is 5.96 Å². The molecule has 0 saturated heterocycles. The monoisotopic (exact) mass is 362 g/mol. The van der Waals surface area contributed by atoms with Gasteiger partial charge in [0.15, 0.2) is 5.96 Å². The summed E-state index contributed by atoms with van der Waals surface area (Å²) in [4.78, 5) is 7.15. The van der Waals surface area contributed by atoms with Crippen molar-refractivity contribution in [2.45, 2.75) is 47.0 Å². The molecule has 0 saturated carbocycles. The molecular weight excluding hydrogens is 324 g/mol. The van der Waals surface area contributed by atoms with E-state index in [9.17, 15) is 0 Å². The first kappa shape index (κ1) is 22.3. The molecule has 2 N–H and O–H groups in total. The number of benzene rings is 1. The highest BCUT2D eigenvalue weighted by Crippen LogP contribution is 2.18. The standard InChI is InChI=1S/C21H38N4O/c1-6-22-21(23-14-9-10-16-25(7-2)8-3)24-15-13-19-12-11-18(4)20(17-19)26-5/h11-12,17H,6-10,13-16H2,1-5H3,(H2,22,23,24). The zero-order valence-corrected chi connectivity index (χ0v) is 17.4. The first-order valence-electron chi connectivity index (χ1n) is 10.0. The number of guanidine groups is 1. The molecule has 0 aromatic heterocycles. The van der Waals surface area contributed by atoms with Gasteiger partial charge in [-0.15, -0.1) is 0 Å². The molecule has 0 aliphatic carbocycles. The minimum atomic E-state index is 0.859. The van der Waals surface area contributed by atoms with Crippen LogP contribution in [0, 0.1) is 6.92 Å². The van der Waals surface area contributed by atoms with Crippen LogP contribution >= 0.6 is 0 Å². The highest BCUT2D eigenvalue weighted by Gasteiger charge is 2.02. The maximum Gasteiger partial charge on any atom is 0.191 e. The molecule has 5 heteroatoms. The molecule has 0 unspecified atom stereocenters. The molecule has 0 spiro atoms. The minimum Gasteiger partial charge on any atom is -0.496 e. The lowest BCUT2D eigenvalue weighted by atomic mass is 10.1. The zero-order chi connectivity index (χ0) is 19.2. The molecule has 5 nitrogen and oxygen atoms in total. The Kier molecular flexibility index (Phi) is 11.5. The van der Waals surface area contributed by atoms with Gasteiger partial charge in [-0.1, -0.05) is 26.0 Å². The van der Waals surface area contributed by atoms with Crippen LogP contribution in [0.25, 0.3) is 0 Å². The Hall–Kier alpha value is -1.75. The Morgan fingerprint density at radius 2 is 1.88 bits per heavy atom. The minimum absolute atomic E-state index is 0.859. The summed E-state index contributed by atoms with van der Waals surface area (Å²) in [6.45, 7) is 14.6. The molecule has 26 heavy (non-hydrogen) atoms. The summed E-state index contributed by atoms with van der Waals surface area (Å²) in [5.41, 5.74) is 2.44. The first-order chi connectivity index (χ1) is 12.6. The van der Waals surface area contributed by atoms with E-state index < -0.39 is 0 Å². The topological polar surface area (TPSA) is 48.9 Å². The van der Waals surface area contributed by atoms with Crippen molar-refractivity contribution in [3.63, 3.8) is 0 Å². The van der Waals surface area contributed by atoms with E-state index in [-0.39, 0.29) is 0 Å². The third-order valence-electron chi connectivity index (χ3n) is 4.57. The fourth-order valence-corrected chi connectivity index (χ4v) is 2.86. The lowest BCUT2D eigenvalue weighted by molar-refractivity contribution is 0.297. The SMILES string of the molecule is CCNC(=NCCCCN(CC)CC)NCCc1ccc(C)c(OC)c1. The zero-order valence-electron chi connectivity index (χ0n) is 17.4. The van der Waals surface area contributed by atoms with E-state index in [1.165, 1.54) is 24.1 Å². The van der Waals surface area contributed by atoms with Crippen LogP contribution in [-0.4, -0.2) is 57.2 Å². The summed E-state index contributed by atoms with van der Waals surface area (Å²) in [5.74, 6) is 1.87. The maximum absolute atomic E-state index is 5.40. The highest BCUT2D eigenvalue weighted by molar-refractivity contribution is 5.79. The van der Waals surface area contributed by atoms with E-state index in [4.69, 9.17) is 9.73 Å². The molecule has 0 bridgehead atoms. The van der Waals surface area contributed by atoms with Gasteiger partial charge < -0.3 is 20.3 Å². The number of nitrogens with zero attached hydrogens (tertiary/aromatic N) is 2. The van der Waals surface area contributed by atoms with Gasteiger partial charge in [-0.2, -0.15) is 0 Å². The Morgan fingerprint density at radius 1 is 1.12 bits per heavy atom. The summed E-state index contributed by atoms with van der Waals surface area (Å²) in [6, 6.07) is 6.40. The Morgan fingerprint density at radius 3 is 2.54 bits per heavy atom. The van der Waals surface area contributed by atoms with Gasteiger partial charge in [0.05, 0.1) is 7.11 Å². The molecule has 0 amide bonds. The van der Waals surface area contributed by atoms with Gasteiger partial charge in [-0.05, 0) is 69.9 Å². The van der Waals surface area contributed by atoms with E-state index >= 15 is 0 Å². The van der Waals surface area contributed by atoms with E-state index in [1.807, 2.05) is 0 Å². The lowest BCUT2D eigenvalue weighted by Crippen LogP contribution is -2.38. The second-order valence-corrected chi connectivity index (χ2v) is 6.48. The van der Waals surface area contributed by atoms with Crippen LogP contribution in [-0.2, 0) is 6.42 Å². The highest BCUT2D eigenvalue weighted by atomic mass is 16.5. The Balaban J connectivity index is 2.37. The molecule has 0 fully saturated rings. The van der Waals surface area contributed by atoms with Crippen LogP contribution < -0.4 is 15.4 Å². The van der Waals surface area contributed by atoms with Crippen LogP contribution in [0.3, 0.4) is 0 Å². The third kappa shape index (κ3) is 8.56. The number of rotatable bonds is 12. The number of methoxy groups -OCH3 is 1. The number of ether oxygens (including phenoxy) is 1. The average molecular weight is 363 g/mol. The van der Waals surface area contributed by atoms with Crippen molar-refractivity contribution in [3.05, 3.63) is 29.3 Å². The quantitative estimate of drug-likeness (QED) is 0.340. The van der Waals surface area contributed by atoms with Crippen LogP contribution in [0.1, 0.15) is 44.7 Å². The van der Waals surface area contributed by atoms with Crippen molar-refractivity contribution in [2.24, 2.45) is 4.99 Å². The lowest BCUT2D eigenvalue weighted by Gasteiger charge is -2.17. The fraction of sp³-hybridized carbons (Fsp3) is 0.667. The van der Waals surface area contributed by atoms with Crippen molar-refractivity contribution in [2.75, 3.05) is 46.4 Å². The second kappa shape index (κ2) is 13.5. The molecule has 0 heterocycles. The molecule has 1 rings (SSSR count). The number of nitrogens with one attached hydrogen (secondary N) is 2. The summed E-state index contributed by atoms with van der Waals surface area (Å²) >= 11 is 0. The van der Waals surface area contributed by atoms with Crippen LogP contribution in [0.2, 0.25) is 0 Å². The Labute approximate surface area is 160 Å². The Bertz CT molecular complexity index is 527. The smallest absolute Gasteiger partial charge is 0.191 e. The van der Waals surface area contributed by atoms with Crippen molar-refractivity contribution in [3.8, 4) is 5.75 Å². The van der Waals surface area contributed by atoms with Crippen molar-refractivity contribution in [1.82, 2.24) is 15.5 Å². The van der Waals surface area contributed by atoms with Crippen molar-refractivity contribution in [1.29, 1.82) is 0 Å². The number of aryl methyl sites for hydroxylation is 1. The number of hydrogen-bond acceptors (Lipinski definition) is 3. The first-order valence-corrected chi connectivity index (χ1v) is 10.0. The summed E-state index contributed by atoms with van der Waals surface area (Å²) in [5, 5.41) is 6.76. The van der Waals surface area contributed by atoms with E-state index in [2.05, 4.69) is 61.4 Å². The second-order valence-electron chi connectivity index (χ2n) is 6.48.